The number of benzene rings is 1. The Bertz CT molecular complexity index is 645. The van der Waals surface area contributed by atoms with Crippen molar-refractivity contribution in [2.75, 3.05) is 18.5 Å². The molecule has 3 rings (SSSR count). The molecule has 2 aliphatic rings. The molecule has 1 heterocycles. The number of nitrogens with one attached hydrogen (secondary N) is 2. The Labute approximate surface area is 162 Å². The lowest BCUT2D eigenvalue weighted by Gasteiger charge is -2.27. The molecule has 5 heteroatoms. The largest absolute Gasteiger partial charge is 0.376 e. The van der Waals surface area contributed by atoms with E-state index in [0.29, 0.717) is 12.5 Å². The minimum Gasteiger partial charge on any atom is -0.376 e. The zero-order chi connectivity index (χ0) is 19.2. The van der Waals surface area contributed by atoms with Gasteiger partial charge in [-0.15, -0.1) is 0 Å². The summed E-state index contributed by atoms with van der Waals surface area (Å²) in [6, 6.07) is 8.00. The summed E-state index contributed by atoms with van der Waals surface area (Å²) >= 11 is 0. The van der Waals surface area contributed by atoms with E-state index in [9.17, 15) is 9.59 Å². The molecule has 0 aromatic heterocycles. The lowest BCUT2D eigenvalue weighted by molar-refractivity contribution is -0.128. The van der Waals surface area contributed by atoms with Gasteiger partial charge in [0.1, 0.15) is 0 Å². The third kappa shape index (κ3) is 5.32. The van der Waals surface area contributed by atoms with Gasteiger partial charge in [-0.2, -0.15) is 0 Å². The van der Waals surface area contributed by atoms with E-state index in [1.165, 1.54) is 0 Å². The predicted molar refractivity (Wildman–Crippen MR) is 107 cm³/mol. The monoisotopic (exact) mass is 372 g/mol. The number of para-hydroxylation sites is 1. The highest BCUT2D eigenvalue weighted by Gasteiger charge is 2.30. The molecule has 0 radical (unpaired) electrons. The zero-order valence-electron chi connectivity index (χ0n) is 16.5. The lowest BCUT2D eigenvalue weighted by atomic mass is 9.81. The molecule has 1 aliphatic carbocycles. The summed E-state index contributed by atoms with van der Waals surface area (Å²) in [5.41, 5.74) is 2.07. The average molecular weight is 373 g/mol. The van der Waals surface area contributed by atoms with Crippen LogP contribution < -0.4 is 10.6 Å². The number of ether oxygens (including phenoxy) is 1. The molecule has 0 spiro atoms. The van der Waals surface area contributed by atoms with Crippen LogP contribution in [0.3, 0.4) is 0 Å². The molecule has 1 aromatic rings. The molecular weight excluding hydrogens is 340 g/mol. The van der Waals surface area contributed by atoms with Crippen LogP contribution in [0, 0.1) is 11.8 Å². The first-order valence-corrected chi connectivity index (χ1v) is 10.3. The summed E-state index contributed by atoms with van der Waals surface area (Å²) in [7, 11) is 0. The maximum atomic E-state index is 12.7. The number of carbonyl (C=O) groups is 2. The average Bonchev–Trinajstić information content (AvgIpc) is 3.20. The molecule has 1 aliphatic heterocycles. The van der Waals surface area contributed by atoms with E-state index < -0.39 is 0 Å². The summed E-state index contributed by atoms with van der Waals surface area (Å²) in [6.45, 7) is 5.68. The summed E-state index contributed by atoms with van der Waals surface area (Å²) in [6.07, 6.45) is 5.40. The van der Waals surface area contributed by atoms with Crippen molar-refractivity contribution in [3.05, 3.63) is 29.8 Å². The van der Waals surface area contributed by atoms with Crippen LogP contribution in [0.1, 0.15) is 63.9 Å². The van der Waals surface area contributed by atoms with Crippen molar-refractivity contribution in [1.82, 2.24) is 5.32 Å². The second-order valence-corrected chi connectivity index (χ2v) is 8.16. The highest BCUT2D eigenvalue weighted by atomic mass is 16.5. The van der Waals surface area contributed by atoms with E-state index >= 15 is 0 Å². The second kappa shape index (κ2) is 9.36. The van der Waals surface area contributed by atoms with E-state index in [1.54, 1.807) is 0 Å². The van der Waals surface area contributed by atoms with Gasteiger partial charge in [0.15, 0.2) is 0 Å². The van der Waals surface area contributed by atoms with E-state index in [4.69, 9.17) is 4.74 Å². The Morgan fingerprint density at radius 1 is 1.04 bits per heavy atom. The van der Waals surface area contributed by atoms with Gasteiger partial charge in [0.05, 0.1) is 6.10 Å². The van der Waals surface area contributed by atoms with Crippen LogP contribution in [0.4, 0.5) is 5.69 Å². The van der Waals surface area contributed by atoms with Gasteiger partial charge >= 0.3 is 0 Å². The number of carbonyl (C=O) groups excluding carboxylic acids is 2. The Kier molecular flexibility index (Phi) is 6.89. The Morgan fingerprint density at radius 2 is 1.70 bits per heavy atom. The minimum absolute atomic E-state index is 0.00701. The lowest BCUT2D eigenvalue weighted by Crippen LogP contribution is -2.38. The van der Waals surface area contributed by atoms with Crippen molar-refractivity contribution < 1.29 is 14.3 Å². The van der Waals surface area contributed by atoms with Crippen LogP contribution in [0.2, 0.25) is 0 Å². The Hall–Kier alpha value is -1.88. The number of hydrogen-bond donors (Lipinski definition) is 2. The topological polar surface area (TPSA) is 67.4 Å². The minimum atomic E-state index is -0.00701. The van der Waals surface area contributed by atoms with Crippen molar-refractivity contribution in [2.24, 2.45) is 11.8 Å². The van der Waals surface area contributed by atoms with Crippen molar-refractivity contribution in [2.45, 2.75) is 64.4 Å². The fourth-order valence-corrected chi connectivity index (χ4v) is 4.13. The molecule has 0 bridgehead atoms. The van der Waals surface area contributed by atoms with Gasteiger partial charge in [-0.05, 0) is 56.1 Å². The number of anilines is 1. The van der Waals surface area contributed by atoms with Crippen LogP contribution in [-0.2, 0) is 14.3 Å². The van der Waals surface area contributed by atoms with Crippen molar-refractivity contribution in [3.8, 4) is 0 Å². The van der Waals surface area contributed by atoms with Gasteiger partial charge in [-0.1, -0.05) is 32.0 Å². The van der Waals surface area contributed by atoms with E-state index in [1.807, 2.05) is 18.2 Å². The Morgan fingerprint density at radius 3 is 2.33 bits per heavy atom. The molecule has 5 nitrogen and oxygen atoms in total. The van der Waals surface area contributed by atoms with Crippen molar-refractivity contribution in [1.29, 1.82) is 0 Å². The van der Waals surface area contributed by atoms with Crippen LogP contribution in [0.25, 0.3) is 0 Å². The standard InChI is InChI=1S/C22H32N2O3/c1-15(2)19-7-3-4-8-20(19)24-22(26)17-11-9-16(10-12-17)21(25)23-14-18-6-5-13-27-18/h3-4,7-8,15-18H,5-6,9-14H2,1-2H3,(H,23,25)(H,24,26). The van der Waals surface area contributed by atoms with Gasteiger partial charge in [0.25, 0.3) is 0 Å². The fourth-order valence-electron chi connectivity index (χ4n) is 4.13. The first kappa shape index (κ1) is 19.9. The van der Waals surface area contributed by atoms with Gasteiger partial charge in [0, 0.05) is 30.7 Å². The summed E-state index contributed by atoms with van der Waals surface area (Å²) in [4.78, 5) is 25.1. The number of amides is 2. The Balaban J connectivity index is 1.45. The molecule has 1 atom stereocenters. The second-order valence-electron chi connectivity index (χ2n) is 8.16. The summed E-state index contributed by atoms with van der Waals surface area (Å²) in [5.74, 6) is 0.589. The highest BCUT2D eigenvalue weighted by Crippen LogP contribution is 2.31. The molecule has 148 valence electrons. The molecule has 27 heavy (non-hydrogen) atoms. The predicted octanol–water partition coefficient (Wildman–Crippen LogP) is 3.85. The third-order valence-corrected chi connectivity index (χ3v) is 5.84. The first-order valence-electron chi connectivity index (χ1n) is 10.3. The smallest absolute Gasteiger partial charge is 0.227 e. The zero-order valence-corrected chi connectivity index (χ0v) is 16.5. The molecule has 2 fully saturated rings. The van der Waals surface area contributed by atoms with Gasteiger partial charge < -0.3 is 15.4 Å². The van der Waals surface area contributed by atoms with Crippen LogP contribution in [0.15, 0.2) is 24.3 Å². The highest BCUT2D eigenvalue weighted by molar-refractivity contribution is 5.93. The SMILES string of the molecule is CC(C)c1ccccc1NC(=O)C1CCC(C(=O)NCC2CCCO2)CC1. The summed E-state index contributed by atoms with van der Waals surface area (Å²) < 4.78 is 5.55. The molecular formula is C22H32N2O3. The summed E-state index contributed by atoms with van der Waals surface area (Å²) in [5, 5.41) is 6.15. The number of hydrogen-bond acceptors (Lipinski definition) is 3. The molecule has 1 saturated heterocycles. The van der Waals surface area contributed by atoms with E-state index in [0.717, 1.165) is 56.4 Å². The molecule has 1 unspecified atom stereocenters. The third-order valence-electron chi connectivity index (χ3n) is 5.84. The van der Waals surface area contributed by atoms with Gasteiger partial charge in [0.2, 0.25) is 11.8 Å². The molecule has 1 aromatic carbocycles. The first-order chi connectivity index (χ1) is 13.0. The van der Waals surface area contributed by atoms with Crippen molar-refractivity contribution in [3.63, 3.8) is 0 Å². The van der Waals surface area contributed by atoms with E-state index in [2.05, 4.69) is 30.5 Å². The van der Waals surface area contributed by atoms with E-state index in [-0.39, 0.29) is 29.8 Å². The maximum Gasteiger partial charge on any atom is 0.227 e. The number of rotatable bonds is 6. The van der Waals surface area contributed by atoms with Crippen LogP contribution in [0.5, 0.6) is 0 Å². The quantitative estimate of drug-likeness (QED) is 0.797. The van der Waals surface area contributed by atoms with Crippen LogP contribution in [-0.4, -0.2) is 31.1 Å². The van der Waals surface area contributed by atoms with Gasteiger partial charge in [-0.3, -0.25) is 9.59 Å². The normalized spacial score (nSPS) is 25.4. The van der Waals surface area contributed by atoms with Crippen molar-refractivity contribution >= 4 is 17.5 Å². The molecule has 1 saturated carbocycles. The molecule has 2 N–H and O–H groups in total. The van der Waals surface area contributed by atoms with Gasteiger partial charge in [-0.25, -0.2) is 0 Å². The van der Waals surface area contributed by atoms with Crippen LogP contribution >= 0.6 is 0 Å². The molecule has 2 amide bonds. The maximum absolute atomic E-state index is 12.7. The fraction of sp³-hybridized carbons (Fsp3) is 0.636.